The van der Waals surface area contributed by atoms with Gasteiger partial charge in [0, 0.05) is 10.6 Å². The van der Waals surface area contributed by atoms with Crippen molar-refractivity contribution in [3.63, 3.8) is 0 Å². The lowest BCUT2D eigenvalue weighted by atomic mass is 10.2. The van der Waals surface area contributed by atoms with Crippen molar-refractivity contribution >= 4 is 28.6 Å². The Morgan fingerprint density at radius 1 is 1.22 bits per heavy atom. The van der Waals surface area contributed by atoms with Gasteiger partial charge >= 0.3 is 0 Å². The summed E-state index contributed by atoms with van der Waals surface area (Å²) in [6.45, 7) is 2.03. The van der Waals surface area contributed by atoms with Crippen molar-refractivity contribution in [2.45, 2.75) is 16.8 Å². The molecule has 0 unspecified atom stereocenters. The summed E-state index contributed by atoms with van der Waals surface area (Å²) in [5.41, 5.74) is 9.39. The van der Waals surface area contributed by atoms with E-state index in [9.17, 15) is 0 Å². The molecule has 3 N–H and O–H groups in total. The summed E-state index contributed by atoms with van der Waals surface area (Å²) in [5.74, 6) is 0. The van der Waals surface area contributed by atoms with Gasteiger partial charge in [0.05, 0.1) is 6.33 Å². The van der Waals surface area contributed by atoms with Crippen LogP contribution < -0.4 is 5.73 Å². The van der Waals surface area contributed by atoms with Gasteiger partial charge in [-0.25, -0.2) is 15.0 Å². The fourth-order valence-corrected chi connectivity index (χ4v) is 2.69. The maximum Gasteiger partial charge on any atom is 0.181 e. The zero-order valence-corrected chi connectivity index (χ0v) is 10.5. The highest BCUT2D eigenvalue weighted by atomic mass is 32.2. The van der Waals surface area contributed by atoms with Crippen molar-refractivity contribution in [2.75, 3.05) is 5.73 Å². The number of nitrogens with zero attached hydrogens (tertiary/aromatic N) is 3. The number of aryl methyl sites for hydroxylation is 1. The quantitative estimate of drug-likeness (QED) is 0.544. The predicted octanol–water partition coefficient (Wildman–Crippen LogP) is 2.39. The van der Waals surface area contributed by atoms with Crippen LogP contribution in [0.2, 0.25) is 0 Å². The molecule has 0 aliphatic rings. The van der Waals surface area contributed by atoms with E-state index in [4.69, 9.17) is 5.73 Å². The first-order chi connectivity index (χ1) is 8.75. The molecule has 18 heavy (non-hydrogen) atoms. The largest absolute Gasteiger partial charge is 0.398 e. The van der Waals surface area contributed by atoms with Gasteiger partial charge in [0.15, 0.2) is 5.65 Å². The van der Waals surface area contributed by atoms with Gasteiger partial charge in [-0.1, -0.05) is 23.9 Å². The van der Waals surface area contributed by atoms with E-state index < -0.39 is 0 Å². The second kappa shape index (κ2) is 4.30. The number of anilines is 1. The van der Waals surface area contributed by atoms with Gasteiger partial charge < -0.3 is 10.7 Å². The average molecular weight is 257 g/mol. The highest BCUT2D eigenvalue weighted by Crippen LogP contribution is 2.35. The zero-order chi connectivity index (χ0) is 12.5. The van der Waals surface area contributed by atoms with E-state index in [0.717, 1.165) is 26.7 Å². The molecule has 0 bridgehead atoms. The third-order valence-corrected chi connectivity index (χ3v) is 3.89. The predicted molar refractivity (Wildman–Crippen MR) is 71.4 cm³/mol. The van der Waals surface area contributed by atoms with Crippen molar-refractivity contribution in [3.05, 3.63) is 36.4 Å². The lowest BCUT2D eigenvalue weighted by Gasteiger charge is -2.08. The lowest BCUT2D eigenvalue weighted by Crippen LogP contribution is -1.92. The Balaban J connectivity index is 2.09. The standard InChI is InChI=1S/C12H11N5S/c1-7-3-2-4-8(13)10(7)18-12-9-11(15-5-14-9)16-6-17-12/h2-6H,13H2,1H3,(H,14,15,16,17). The van der Waals surface area contributed by atoms with Crippen LogP contribution in [0.5, 0.6) is 0 Å². The first-order valence-electron chi connectivity index (χ1n) is 5.43. The molecule has 0 saturated carbocycles. The molecule has 0 saturated heterocycles. The fourth-order valence-electron chi connectivity index (χ4n) is 1.73. The topological polar surface area (TPSA) is 80.5 Å². The lowest BCUT2D eigenvalue weighted by molar-refractivity contribution is 1.08. The Hall–Kier alpha value is -2.08. The summed E-state index contributed by atoms with van der Waals surface area (Å²) in [6, 6.07) is 5.87. The van der Waals surface area contributed by atoms with E-state index in [1.54, 1.807) is 6.33 Å². The molecule has 1 aromatic carbocycles. The number of H-pyrrole nitrogens is 1. The molecule has 3 rings (SSSR count). The summed E-state index contributed by atoms with van der Waals surface area (Å²) in [4.78, 5) is 16.6. The van der Waals surface area contributed by atoms with E-state index in [1.165, 1.54) is 18.1 Å². The number of nitrogens with one attached hydrogen (secondary N) is 1. The van der Waals surface area contributed by atoms with Crippen LogP contribution in [-0.4, -0.2) is 19.9 Å². The monoisotopic (exact) mass is 257 g/mol. The van der Waals surface area contributed by atoms with E-state index in [1.807, 2.05) is 25.1 Å². The summed E-state index contributed by atoms with van der Waals surface area (Å²) in [6.07, 6.45) is 3.13. The van der Waals surface area contributed by atoms with E-state index in [0.29, 0.717) is 5.65 Å². The fraction of sp³-hybridized carbons (Fsp3) is 0.0833. The molecule has 2 heterocycles. The number of benzene rings is 1. The van der Waals surface area contributed by atoms with Gasteiger partial charge in [-0.15, -0.1) is 0 Å². The van der Waals surface area contributed by atoms with Gasteiger partial charge in [-0.3, -0.25) is 0 Å². The molecule has 0 aliphatic heterocycles. The highest BCUT2D eigenvalue weighted by molar-refractivity contribution is 7.99. The smallest absolute Gasteiger partial charge is 0.181 e. The maximum atomic E-state index is 6.00. The highest BCUT2D eigenvalue weighted by Gasteiger charge is 2.11. The second-order valence-corrected chi connectivity index (χ2v) is 4.87. The average Bonchev–Trinajstić information content (AvgIpc) is 2.83. The Kier molecular flexibility index (Phi) is 2.64. The molecule has 3 aromatic rings. The third kappa shape index (κ3) is 1.80. The third-order valence-electron chi connectivity index (χ3n) is 2.63. The van der Waals surface area contributed by atoms with Gasteiger partial charge in [-0.05, 0) is 18.6 Å². The molecule has 0 atom stereocenters. The molecule has 0 aliphatic carbocycles. The molecule has 5 nitrogen and oxygen atoms in total. The van der Waals surface area contributed by atoms with Crippen LogP contribution in [0, 0.1) is 6.92 Å². The molecule has 6 heteroatoms. The van der Waals surface area contributed by atoms with Crippen molar-refractivity contribution in [3.8, 4) is 0 Å². The van der Waals surface area contributed by atoms with E-state index >= 15 is 0 Å². The first kappa shape index (κ1) is 11.0. The molecule has 2 aromatic heterocycles. The Labute approximate surface area is 108 Å². The second-order valence-electron chi connectivity index (χ2n) is 3.88. The van der Waals surface area contributed by atoms with E-state index in [-0.39, 0.29) is 0 Å². The van der Waals surface area contributed by atoms with Crippen LogP contribution in [0.15, 0.2) is 40.8 Å². The molecular weight excluding hydrogens is 246 g/mol. The molecule has 90 valence electrons. The van der Waals surface area contributed by atoms with Gasteiger partial charge in [0.25, 0.3) is 0 Å². The zero-order valence-electron chi connectivity index (χ0n) is 9.71. The minimum Gasteiger partial charge on any atom is -0.398 e. The minimum absolute atomic E-state index is 0.666. The van der Waals surface area contributed by atoms with Crippen molar-refractivity contribution in [1.82, 2.24) is 19.9 Å². The van der Waals surface area contributed by atoms with Crippen LogP contribution >= 0.6 is 11.8 Å². The van der Waals surface area contributed by atoms with Gasteiger partial charge in [0.2, 0.25) is 0 Å². The molecule has 0 radical (unpaired) electrons. The summed E-state index contributed by atoms with van der Waals surface area (Å²) < 4.78 is 0. The van der Waals surface area contributed by atoms with Gasteiger partial charge in [-0.2, -0.15) is 0 Å². The minimum atomic E-state index is 0.666. The molecule has 0 spiro atoms. The number of hydrogen-bond donors (Lipinski definition) is 2. The molecule has 0 fully saturated rings. The number of imidazole rings is 1. The van der Waals surface area contributed by atoms with Crippen molar-refractivity contribution in [1.29, 1.82) is 0 Å². The van der Waals surface area contributed by atoms with Gasteiger partial charge in [0.1, 0.15) is 16.9 Å². The first-order valence-corrected chi connectivity index (χ1v) is 6.24. The number of nitrogens with two attached hydrogens (primary N) is 1. The van der Waals surface area contributed by atoms with Crippen LogP contribution in [0.3, 0.4) is 0 Å². The number of aromatic amines is 1. The molecule has 0 amide bonds. The number of fused-ring (bicyclic) bond motifs is 1. The van der Waals surface area contributed by atoms with E-state index in [2.05, 4.69) is 19.9 Å². The number of rotatable bonds is 2. The van der Waals surface area contributed by atoms with Crippen LogP contribution in [0.4, 0.5) is 5.69 Å². The van der Waals surface area contributed by atoms with Crippen molar-refractivity contribution < 1.29 is 0 Å². The molecular formula is C12H11N5S. The SMILES string of the molecule is Cc1cccc(N)c1Sc1ncnc2nc[nH]c12. The Morgan fingerprint density at radius 3 is 2.94 bits per heavy atom. The summed E-state index contributed by atoms with van der Waals surface area (Å²) in [5, 5.41) is 0.832. The Morgan fingerprint density at radius 2 is 2.11 bits per heavy atom. The Bertz CT molecular complexity index is 686. The summed E-state index contributed by atoms with van der Waals surface area (Å²) in [7, 11) is 0. The van der Waals surface area contributed by atoms with Crippen LogP contribution in [0.25, 0.3) is 11.2 Å². The van der Waals surface area contributed by atoms with Crippen molar-refractivity contribution in [2.24, 2.45) is 0 Å². The maximum absolute atomic E-state index is 6.00. The number of hydrogen-bond acceptors (Lipinski definition) is 5. The number of nitrogen functional groups attached to an aromatic ring is 1. The number of aromatic nitrogens is 4. The summed E-state index contributed by atoms with van der Waals surface area (Å²) >= 11 is 1.53. The van der Waals surface area contributed by atoms with Crippen LogP contribution in [-0.2, 0) is 0 Å². The normalized spacial score (nSPS) is 10.9. The van der Waals surface area contributed by atoms with Crippen LogP contribution in [0.1, 0.15) is 5.56 Å².